The van der Waals surface area contributed by atoms with E-state index in [9.17, 15) is 23.3 Å². The first-order chi connectivity index (χ1) is 20.1. The van der Waals surface area contributed by atoms with Crippen LogP contribution in [-0.4, -0.2) is 77.5 Å². The Morgan fingerprint density at radius 3 is 2.67 bits per heavy atom. The predicted molar refractivity (Wildman–Crippen MR) is 153 cm³/mol. The molecule has 2 N–H and O–H groups in total. The van der Waals surface area contributed by atoms with Crippen molar-refractivity contribution >= 4 is 58.5 Å². The lowest BCUT2D eigenvalue weighted by Gasteiger charge is -2.23. The summed E-state index contributed by atoms with van der Waals surface area (Å²) in [6.07, 6.45) is 1.64. The van der Waals surface area contributed by atoms with Crippen LogP contribution >= 0.6 is 24.2 Å². The summed E-state index contributed by atoms with van der Waals surface area (Å²) in [4.78, 5) is 62.1. The summed E-state index contributed by atoms with van der Waals surface area (Å²) < 4.78 is 32.0. The van der Waals surface area contributed by atoms with Crippen molar-refractivity contribution in [3.05, 3.63) is 64.9 Å². The number of ketones is 1. The summed E-state index contributed by atoms with van der Waals surface area (Å²) in [5, 5.41) is 7.29. The molecule has 3 aromatic heterocycles. The second-order valence-corrected chi connectivity index (χ2v) is 11.1. The fourth-order valence-corrected chi connectivity index (χ4v) is 5.24. The minimum absolute atomic E-state index is 0.0873. The van der Waals surface area contributed by atoms with Crippen LogP contribution in [0.4, 0.5) is 10.2 Å². The summed E-state index contributed by atoms with van der Waals surface area (Å²) in [6.45, 7) is 0.354. The number of hydrogen-bond donors (Lipinski definition) is 2. The summed E-state index contributed by atoms with van der Waals surface area (Å²) >= 11 is 3.23. The molecule has 2 amide bonds. The molecule has 1 aromatic carbocycles. The van der Waals surface area contributed by atoms with Gasteiger partial charge in [-0.25, -0.2) is 19.3 Å². The quantitative estimate of drug-likeness (QED) is 0.155. The lowest BCUT2D eigenvalue weighted by atomic mass is 10.0. The number of likely N-dealkylation sites (tertiary alicyclic amines) is 1. The first-order valence-corrected chi connectivity index (χ1v) is 14.7. The lowest BCUT2D eigenvalue weighted by molar-refractivity contribution is -0.137. The smallest absolute Gasteiger partial charge is 0.317 e. The van der Waals surface area contributed by atoms with E-state index < -0.39 is 51.2 Å². The standard InChI is InChI=1S/C26H24BrFN7O6P/c1-14-29-9-16(10-30-14)15-5-6-19-18(7-15)25(21(36)13-41-42(39)40)33-35(19)12-24(37)34-11-17(28)8-20(34)26(38)32-23-4-2-3-22(27)31-23/h2-7,9-10,17,20,42H,8,11-13H2,1H3,(H,39,40)(H,31,32,38)/t17-,20+/m1/s1. The molecule has 0 radical (unpaired) electrons. The number of anilines is 1. The highest BCUT2D eigenvalue weighted by Gasteiger charge is 2.40. The monoisotopic (exact) mass is 659 g/mol. The fraction of sp³-hybridized carbons (Fsp3) is 0.269. The Bertz CT molecular complexity index is 1700. The molecular formula is C26H24BrFN7O6P. The number of fused-ring (bicyclic) bond motifs is 1. The van der Waals surface area contributed by atoms with Crippen LogP contribution in [-0.2, 0) is 25.2 Å². The van der Waals surface area contributed by atoms with Crippen LogP contribution in [0, 0.1) is 6.92 Å². The third-order valence-corrected chi connectivity index (χ3v) is 7.41. The molecule has 16 heteroatoms. The average molecular weight is 660 g/mol. The molecule has 5 rings (SSSR count). The van der Waals surface area contributed by atoms with Crippen molar-refractivity contribution in [3.8, 4) is 11.1 Å². The summed E-state index contributed by atoms with van der Waals surface area (Å²) in [5.74, 6) is -1.03. The molecule has 0 saturated carbocycles. The maximum atomic E-state index is 14.5. The normalized spacial score (nSPS) is 17.4. The Labute approximate surface area is 247 Å². The number of alkyl halides is 1. The number of carbonyl (C=O) groups is 3. The number of aryl methyl sites for hydroxylation is 1. The van der Waals surface area contributed by atoms with Crippen LogP contribution in [0.5, 0.6) is 0 Å². The molecule has 0 aliphatic carbocycles. The molecule has 1 aliphatic heterocycles. The molecule has 4 heterocycles. The highest BCUT2D eigenvalue weighted by Crippen LogP contribution is 2.28. The van der Waals surface area contributed by atoms with Gasteiger partial charge in [0, 0.05) is 29.8 Å². The number of carbonyl (C=O) groups excluding carboxylic acids is 3. The van der Waals surface area contributed by atoms with Gasteiger partial charge in [0.1, 0.15) is 47.3 Å². The Morgan fingerprint density at radius 1 is 1.19 bits per heavy atom. The van der Waals surface area contributed by atoms with Gasteiger partial charge in [-0.3, -0.25) is 23.6 Å². The van der Waals surface area contributed by atoms with Crippen molar-refractivity contribution in [1.82, 2.24) is 29.6 Å². The van der Waals surface area contributed by atoms with E-state index in [1.54, 1.807) is 55.7 Å². The molecule has 3 atom stereocenters. The van der Waals surface area contributed by atoms with Crippen LogP contribution < -0.4 is 5.32 Å². The number of aromatic nitrogens is 5. The predicted octanol–water partition coefficient (Wildman–Crippen LogP) is 3.12. The number of Topliss-reactive ketones (excluding diaryl/α,β-unsaturated/α-hetero) is 1. The number of hydrogen-bond acceptors (Lipinski definition) is 9. The zero-order chi connectivity index (χ0) is 30.0. The first kappa shape index (κ1) is 29.6. The highest BCUT2D eigenvalue weighted by atomic mass is 79.9. The number of halogens is 2. The van der Waals surface area contributed by atoms with Crippen molar-refractivity contribution in [3.63, 3.8) is 0 Å². The van der Waals surface area contributed by atoms with Gasteiger partial charge in [0.2, 0.25) is 17.6 Å². The molecule has 0 bridgehead atoms. The highest BCUT2D eigenvalue weighted by molar-refractivity contribution is 9.10. The van der Waals surface area contributed by atoms with E-state index in [1.807, 2.05) is 0 Å². The third-order valence-electron chi connectivity index (χ3n) is 6.58. The number of nitrogens with one attached hydrogen (secondary N) is 1. The Balaban J connectivity index is 1.44. The van der Waals surface area contributed by atoms with Crippen molar-refractivity contribution in [1.29, 1.82) is 0 Å². The Hall–Kier alpha value is -3.91. The van der Waals surface area contributed by atoms with Crippen LogP contribution in [0.2, 0.25) is 0 Å². The fourth-order valence-electron chi connectivity index (χ4n) is 4.64. The van der Waals surface area contributed by atoms with E-state index in [0.29, 0.717) is 32.5 Å². The molecule has 4 aromatic rings. The number of rotatable bonds is 9. The minimum atomic E-state index is -3.37. The van der Waals surface area contributed by atoms with Crippen LogP contribution in [0.25, 0.3) is 22.0 Å². The van der Waals surface area contributed by atoms with Gasteiger partial charge in [0.25, 0.3) is 0 Å². The van der Waals surface area contributed by atoms with Crippen molar-refractivity contribution in [2.75, 3.05) is 18.5 Å². The van der Waals surface area contributed by atoms with Crippen LogP contribution in [0.3, 0.4) is 0 Å². The Kier molecular flexibility index (Phi) is 8.82. The average Bonchev–Trinajstić information content (AvgIpc) is 3.52. The van der Waals surface area contributed by atoms with E-state index in [2.05, 4.69) is 45.8 Å². The van der Waals surface area contributed by atoms with Gasteiger partial charge in [-0.2, -0.15) is 5.10 Å². The molecule has 1 aliphatic rings. The van der Waals surface area contributed by atoms with E-state index in [-0.39, 0.29) is 24.5 Å². The number of pyridine rings is 1. The molecule has 1 saturated heterocycles. The van der Waals surface area contributed by atoms with Gasteiger partial charge in [-0.15, -0.1) is 0 Å². The van der Waals surface area contributed by atoms with Crippen molar-refractivity contribution < 1.29 is 32.8 Å². The summed E-state index contributed by atoms with van der Waals surface area (Å²) in [5.41, 5.74) is 1.64. The topological polar surface area (TPSA) is 170 Å². The molecular weight excluding hydrogens is 636 g/mol. The van der Waals surface area contributed by atoms with E-state index in [4.69, 9.17) is 4.89 Å². The van der Waals surface area contributed by atoms with E-state index in [0.717, 1.165) is 4.90 Å². The van der Waals surface area contributed by atoms with Gasteiger partial charge in [0.15, 0.2) is 0 Å². The second kappa shape index (κ2) is 12.5. The molecule has 42 heavy (non-hydrogen) atoms. The molecule has 13 nitrogen and oxygen atoms in total. The second-order valence-electron chi connectivity index (χ2n) is 9.46. The van der Waals surface area contributed by atoms with Gasteiger partial charge >= 0.3 is 8.25 Å². The summed E-state index contributed by atoms with van der Waals surface area (Å²) in [6, 6.07) is 8.90. The molecule has 1 fully saturated rings. The number of amides is 2. The van der Waals surface area contributed by atoms with Gasteiger partial charge in [0.05, 0.1) is 12.1 Å². The number of nitrogens with zero attached hydrogens (tertiary/aromatic N) is 6. The molecule has 0 spiro atoms. The minimum Gasteiger partial charge on any atom is -0.326 e. The van der Waals surface area contributed by atoms with Crippen LogP contribution in [0.1, 0.15) is 22.7 Å². The van der Waals surface area contributed by atoms with E-state index >= 15 is 0 Å². The SMILES string of the molecule is Cc1ncc(-c2ccc3c(c2)c(C(=O)CO[PH](=O)O)nn3CC(=O)N2C[C@H](F)C[C@H]2C(=O)Nc2cccc(Br)n2)cn1. The van der Waals surface area contributed by atoms with Crippen molar-refractivity contribution in [2.24, 2.45) is 0 Å². The maximum Gasteiger partial charge on any atom is 0.317 e. The molecule has 1 unspecified atom stereocenters. The van der Waals surface area contributed by atoms with Crippen molar-refractivity contribution in [2.45, 2.75) is 32.1 Å². The first-order valence-electron chi connectivity index (χ1n) is 12.6. The van der Waals surface area contributed by atoms with Gasteiger partial charge < -0.3 is 19.6 Å². The molecule has 218 valence electrons. The zero-order valence-electron chi connectivity index (χ0n) is 22.0. The van der Waals surface area contributed by atoms with Gasteiger partial charge in [-0.1, -0.05) is 12.1 Å². The Morgan fingerprint density at radius 2 is 1.95 bits per heavy atom. The third kappa shape index (κ3) is 6.59. The maximum absolute atomic E-state index is 14.5. The van der Waals surface area contributed by atoms with E-state index in [1.165, 1.54) is 4.68 Å². The van der Waals surface area contributed by atoms with Crippen LogP contribution in [0.15, 0.2) is 53.4 Å². The largest absolute Gasteiger partial charge is 0.326 e. The lowest BCUT2D eigenvalue weighted by Crippen LogP contribution is -2.44. The summed E-state index contributed by atoms with van der Waals surface area (Å²) in [7, 11) is -3.37. The van der Waals surface area contributed by atoms with Gasteiger partial charge in [-0.05, 0) is 52.7 Å². The zero-order valence-corrected chi connectivity index (χ0v) is 24.6. The number of benzene rings is 1.